The van der Waals surface area contributed by atoms with Crippen molar-refractivity contribution in [2.75, 3.05) is 26.3 Å². The molecule has 0 amide bonds. The van der Waals surface area contributed by atoms with E-state index in [1.807, 2.05) is 24.0 Å². The number of likely N-dealkylation sites (tertiary alicyclic amines) is 1. The molecule has 2 saturated heterocycles. The number of aliphatic hydroxyl groups is 3. The molecule has 6 nitrogen and oxygen atoms in total. The van der Waals surface area contributed by atoms with Gasteiger partial charge in [-0.1, -0.05) is 12.1 Å². The van der Waals surface area contributed by atoms with Crippen molar-refractivity contribution < 1.29 is 24.8 Å². The molecule has 25 heavy (non-hydrogen) atoms. The van der Waals surface area contributed by atoms with Crippen LogP contribution in [0.5, 0.6) is 5.75 Å². The number of benzene rings is 1. The average molecular weight is 351 g/mol. The highest BCUT2D eigenvalue weighted by Crippen LogP contribution is 2.21. The number of ether oxygens (including phenoxy) is 2. The maximum Gasteiger partial charge on any atom is 0.122 e. The fourth-order valence-corrected chi connectivity index (χ4v) is 3.54. The van der Waals surface area contributed by atoms with Crippen LogP contribution >= 0.6 is 0 Å². The molecule has 140 valence electrons. The molecule has 2 aliphatic heterocycles. The van der Waals surface area contributed by atoms with E-state index < -0.39 is 18.3 Å². The molecule has 1 aromatic carbocycles. The number of rotatable bonds is 5. The van der Waals surface area contributed by atoms with Crippen molar-refractivity contribution >= 4 is 0 Å². The summed E-state index contributed by atoms with van der Waals surface area (Å²) in [6, 6.07) is 7.89. The van der Waals surface area contributed by atoms with Crippen molar-refractivity contribution in [2.45, 2.75) is 56.6 Å². The maximum absolute atomic E-state index is 10.00. The van der Waals surface area contributed by atoms with Crippen molar-refractivity contribution in [1.29, 1.82) is 0 Å². The zero-order chi connectivity index (χ0) is 17.8. The van der Waals surface area contributed by atoms with E-state index in [1.54, 1.807) is 0 Å². The predicted molar refractivity (Wildman–Crippen MR) is 93.7 cm³/mol. The molecule has 3 rings (SSSR count). The van der Waals surface area contributed by atoms with Crippen LogP contribution in [0.15, 0.2) is 24.3 Å². The van der Waals surface area contributed by atoms with Gasteiger partial charge in [0, 0.05) is 25.7 Å². The van der Waals surface area contributed by atoms with Gasteiger partial charge >= 0.3 is 0 Å². The highest BCUT2D eigenvalue weighted by atomic mass is 16.5. The van der Waals surface area contributed by atoms with Gasteiger partial charge in [-0.25, -0.2) is 0 Å². The van der Waals surface area contributed by atoms with Gasteiger partial charge in [0.25, 0.3) is 0 Å². The Bertz CT molecular complexity index is 531. The largest absolute Gasteiger partial charge is 0.488 e. The summed E-state index contributed by atoms with van der Waals surface area (Å²) in [6.07, 6.45) is 0.146. The summed E-state index contributed by atoms with van der Waals surface area (Å²) in [7, 11) is 0. The summed E-state index contributed by atoms with van der Waals surface area (Å²) in [4.78, 5) is 2.02. The first-order valence-corrected chi connectivity index (χ1v) is 9.16. The smallest absolute Gasteiger partial charge is 0.122 e. The number of hydrogen-bond acceptors (Lipinski definition) is 6. The normalized spacial score (nSPS) is 34.0. The van der Waals surface area contributed by atoms with Crippen molar-refractivity contribution in [3.63, 3.8) is 0 Å². The standard InChI is InChI=1S/C19H29NO5/c1-13-18(22)19(23)17(21)11-20(13)9-8-14-4-6-15(7-5-14)25-16-3-2-10-24-12-16/h4-7,13,16-19,21-23H,2-3,8-12H2,1H3/t13-,16?,17+,18-,19-/m1/s1. The summed E-state index contributed by atoms with van der Waals surface area (Å²) in [5, 5.41) is 29.6. The van der Waals surface area contributed by atoms with Gasteiger partial charge in [0.2, 0.25) is 0 Å². The number of hydrogen-bond donors (Lipinski definition) is 3. The van der Waals surface area contributed by atoms with E-state index in [0.29, 0.717) is 13.2 Å². The lowest BCUT2D eigenvalue weighted by molar-refractivity contribution is -0.132. The summed E-state index contributed by atoms with van der Waals surface area (Å²) >= 11 is 0. The van der Waals surface area contributed by atoms with Gasteiger partial charge < -0.3 is 24.8 Å². The Kier molecular flexibility index (Phi) is 6.30. The van der Waals surface area contributed by atoms with Crippen LogP contribution in [0.2, 0.25) is 0 Å². The molecular formula is C19H29NO5. The van der Waals surface area contributed by atoms with E-state index in [1.165, 1.54) is 5.56 Å². The molecule has 0 aromatic heterocycles. The third kappa shape index (κ3) is 4.71. The van der Waals surface area contributed by atoms with Crippen LogP contribution in [0.25, 0.3) is 0 Å². The third-order valence-corrected chi connectivity index (χ3v) is 5.27. The summed E-state index contributed by atoms with van der Waals surface area (Å²) in [5.41, 5.74) is 1.18. The lowest BCUT2D eigenvalue weighted by Gasteiger charge is -2.42. The number of aliphatic hydroxyl groups excluding tert-OH is 3. The van der Waals surface area contributed by atoms with E-state index in [9.17, 15) is 15.3 Å². The molecule has 0 bridgehead atoms. The zero-order valence-electron chi connectivity index (χ0n) is 14.8. The Morgan fingerprint density at radius 2 is 1.92 bits per heavy atom. The van der Waals surface area contributed by atoms with Gasteiger partial charge in [0.1, 0.15) is 18.0 Å². The van der Waals surface area contributed by atoms with Crippen LogP contribution < -0.4 is 4.74 Å². The second-order valence-electron chi connectivity index (χ2n) is 7.14. The van der Waals surface area contributed by atoms with Crippen LogP contribution in [0.3, 0.4) is 0 Å². The van der Waals surface area contributed by atoms with Crippen molar-refractivity contribution in [3.8, 4) is 5.75 Å². The molecule has 0 spiro atoms. The SMILES string of the molecule is C[C@@H]1[C@@H](O)[C@H](O)[C@@H](O)CN1CCc1ccc(OC2CCCOC2)cc1. The second-order valence-corrected chi connectivity index (χ2v) is 7.14. The topological polar surface area (TPSA) is 82.4 Å². The maximum atomic E-state index is 10.00. The van der Waals surface area contributed by atoms with Gasteiger partial charge in [-0.3, -0.25) is 4.90 Å². The Balaban J connectivity index is 1.49. The van der Waals surface area contributed by atoms with Crippen molar-refractivity contribution in [1.82, 2.24) is 4.90 Å². The Labute approximate surface area is 149 Å². The first kappa shape index (κ1) is 18.6. The fraction of sp³-hybridized carbons (Fsp3) is 0.684. The van der Waals surface area contributed by atoms with Gasteiger partial charge in [-0.15, -0.1) is 0 Å². The highest BCUT2D eigenvalue weighted by molar-refractivity contribution is 5.27. The lowest BCUT2D eigenvalue weighted by atomic mass is 9.94. The minimum absolute atomic E-state index is 0.142. The number of β-amino-alcohol motifs (C(OH)–C–C–N with tert-alkyl or cyclic N) is 1. The minimum atomic E-state index is -1.06. The molecule has 0 radical (unpaired) electrons. The van der Waals surface area contributed by atoms with Gasteiger partial charge in [0.05, 0.1) is 18.8 Å². The zero-order valence-corrected chi connectivity index (χ0v) is 14.8. The average Bonchev–Trinajstić information content (AvgIpc) is 2.64. The summed E-state index contributed by atoms with van der Waals surface area (Å²) < 4.78 is 11.4. The second kappa shape index (κ2) is 8.47. The Hall–Kier alpha value is -1.18. The van der Waals surface area contributed by atoms with E-state index in [0.717, 1.165) is 38.2 Å². The van der Waals surface area contributed by atoms with Crippen LogP contribution in [-0.4, -0.2) is 77.0 Å². The molecule has 6 heteroatoms. The molecule has 2 aliphatic rings. The number of nitrogens with zero attached hydrogens (tertiary/aromatic N) is 1. The quantitative estimate of drug-likeness (QED) is 0.720. The van der Waals surface area contributed by atoms with Crippen molar-refractivity contribution in [3.05, 3.63) is 29.8 Å². The summed E-state index contributed by atoms with van der Waals surface area (Å²) in [6.45, 7) is 4.46. The molecule has 2 heterocycles. The van der Waals surface area contributed by atoms with Crippen LogP contribution in [-0.2, 0) is 11.2 Å². The first-order chi connectivity index (χ1) is 12.0. The Morgan fingerprint density at radius 1 is 1.16 bits per heavy atom. The molecular weight excluding hydrogens is 322 g/mol. The monoisotopic (exact) mass is 351 g/mol. The van der Waals surface area contributed by atoms with E-state index in [-0.39, 0.29) is 12.1 Å². The molecule has 5 atom stereocenters. The third-order valence-electron chi connectivity index (χ3n) is 5.27. The molecule has 3 N–H and O–H groups in total. The highest BCUT2D eigenvalue weighted by Gasteiger charge is 2.38. The Morgan fingerprint density at radius 3 is 2.60 bits per heavy atom. The van der Waals surface area contributed by atoms with E-state index in [4.69, 9.17) is 9.47 Å². The lowest BCUT2D eigenvalue weighted by Crippen LogP contribution is -2.60. The van der Waals surface area contributed by atoms with Crippen LogP contribution in [0.4, 0.5) is 0 Å². The molecule has 1 unspecified atom stereocenters. The van der Waals surface area contributed by atoms with Gasteiger partial charge in [-0.05, 0) is 43.9 Å². The van der Waals surface area contributed by atoms with Crippen molar-refractivity contribution in [2.24, 2.45) is 0 Å². The van der Waals surface area contributed by atoms with E-state index >= 15 is 0 Å². The molecule has 1 aromatic rings. The van der Waals surface area contributed by atoms with Crippen LogP contribution in [0.1, 0.15) is 25.3 Å². The number of piperidine rings is 1. The first-order valence-electron chi connectivity index (χ1n) is 9.16. The fourth-order valence-electron chi connectivity index (χ4n) is 3.54. The molecule has 2 fully saturated rings. The molecule has 0 aliphatic carbocycles. The van der Waals surface area contributed by atoms with Crippen LogP contribution in [0, 0.1) is 0 Å². The predicted octanol–water partition coefficient (Wildman–Crippen LogP) is 0.574. The summed E-state index contributed by atoms with van der Waals surface area (Å²) in [5.74, 6) is 0.861. The molecule has 0 saturated carbocycles. The minimum Gasteiger partial charge on any atom is -0.488 e. The van der Waals surface area contributed by atoms with Gasteiger partial charge in [0.15, 0.2) is 0 Å². The van der Waals surface area contributed by atoms with Gasteiger partial charge in [-0.2, -0.15) is 0 Å². The van der Waals surface area contributed by atoms with E-state index in [2.05, 4.69) is 12.1 Å².